The van der Waals surface area contributed by atoms with Gasteiger partial charge in [0.15, 0.2) is 6.04 Å². The van der Waals surface area contributed by atoms with Crippen LogP contribution >= 0.6 is 11.6 Å². The minimum Gasteiger partial charge on any atom is -0.480 e. The van der Waals surface area contributed by atoms with Crippen molar-refractivity contribution in [1.29, 1.82) is 0 Å². The molecule has 142 valence electrons. The summed E-state index contributed by atoms with van der Waals surface area (Å²) in [5, 5.41) is 12.6. The fourth-order valence-electron chi connectivity index (χ4n) is 2.49. The van der Waals surface area contributed by atoms with Crippen molar-refractivity contribution in [3.8, 4) is 0 Å². The second kappa shape index (κ2) is 7.82. The van der Waals surface area contributed by atoms with E-state index >= 15 is 0 Å². The van der Waals surface area contributed by atoms with Crippen LogP contribution in [0.3, 0.4) is 0 Å². The van der Waals surface area contributed by atoms with Gasteiger partial charge in [0.25, 0.3) is 0 Å². The van der Waals surface area contributed by atoms with E-state index in [4.69, 9.17) is 16.3 Å². The van der Waals surface area contributed by atoms with Crippen LogP contribution in [-0.4, -0.2) is 64.3 Å². The van der Waals surface area contributed by atoms with Gasteiger partial charge in [-0.3, -0.25) is 4.90 Å². The van der Waals surface area contributed by atoms with Crippen LogP contribution in [0.25, 0.3) is 0 Å². The van der Waals surface area contributed by atoms with Crippen molar-refractivity contribution in [2.75, 3.05) is 25.0 Å². The zero-order chi connectivity index (χ0) is 19.5. The largest absolute Gasteiger partial charge is 0.480 e. The number of nitrogens with one attached hydrogen (secondary N) is 1. The molecule has 0 bridgehead atoms. The van der Waals surface area contributed by atoms with Gasteiger partial charge >= 0.3 is 18.1 Å². The summed E-state index contributed by atoms with van der Waals surface area (Å²) in [5.41, 5.74) is -0.231. The van der Waals surface area contributed by atoms with E-state index < -0.39 is 29.7 Å². The fraction of sp³-hybridized carbons (Fsp3) is 0.471. The van der Waals surface area contributed by atoms with Crippen molar-refractivity contribution in [3.05, 3.63) is 29.3 Å². The maximum atomic E-state index is 12.4. The lowest BCUT2D eigenvalue weighted by molar-refractivity contribution is -0.144. The summed E-state index contributed by atoms with van der Waals surface area (Å²) in [5.74, 6) is -1.20. The van der Waals surface area contributed by atoms with E-state index in [2.05, 4.69) is 5.32 Å². The molecule has 8 nitrogen and oxygen atoms in total. The number of halogens is 1. The van der Waals surface area contributed by atoms with E-state index in [9.17, 15) is 19.5 Å². The van der Waals surface area contributed by atoms with Gasteiger partial charge in [0, 0.05) is 23.8 Å². The molecule has 0 aliphatic carbocycles. The van der Waals surface area contributed by atoms with Gasteiger partial charge in [-0.15, -0.1) is 0 Å². The predicted octanol–water partition coefficient (Wildman–Crippen LogP) is 2.88. The first-order valence-corrected chi connectivity index (χ1v) is 8.48. The Hall–Kier alpha value is -2.48. The number of carboxylic acid groups (broad SMARTS) is 1. The first kappa shape index (κ1) is 19.8. The molecule has 1 aliphatic heterocycles. The number of aliphatic carboxylic acids is 1. The normalized spacial score (nSPS) is 17.6. The van der Waals surface area contributed by atoms with Crippen molar-refractivity contribution in [3.63, 3.8) is 0 Å². The molecule has 1 heterocycles. The van der Waals surface area contributed by atoms with Gasteiger partial charge in [-0.2, -0.15) is 0 Å². The van der Waals surface area contributed by atoms with Gasteiger partial charge in [-0.05, 0) is 39.0 Å². The Balaban J connectivity index is 2.05. The van der Waals surface area contributed by atoms with Gasteiger partial charge in [0.2, 0.25) is 0 Å². The third-order valence-corrected chi connectivity index (χ3v) is 3.89. The number of piperazine rings is 1. The Morgan fingerprint density at radius 1 is 1.27 bits per heavy atom. The quantitative estimate of drug-likeness (QED) is 0.818. The van der Waals surface area contributed by atoms with E-state index in [0.29, 0.717) is 10.7 Å². The highest BCUT2D eigenvalue weighted by Gasteiger charge is 2.39. The third kappa shape index (κ3) is 5.26. The third-order valence-electron chi connectivity index (χ3n) is 3.66. The molecule has 0 aromatic heterocycles. The van der Waals surface area contributed by atoms with Gasteiger partial charge < -0.3 is 20.1 Å². The Bertz CT molecular complexity index is 704. The molecule has 9 heteroatoms. The van der Waals surface area contributed by atoms with Crippen molar-refractivity contribution in [2.45, 2.75) is 32.4 Å². The van der Waals surface area contributed by atoms with Crippen LogP contribution < -0.4 is 5.32 Å². The molecule has 0 spiro atoms. The zero-order valence-electron chi connectivity index (χ0n) is 14.9. The molecule has 1 aromatic rings. The van der Waals surface area contributed by atoms with E-state index in [1.807, 2.05) is 0 Å². The number of hydrogen-bond acceptors (Lipinski definition) is 4. The average molecular weight is 384 g/mol. The topological polar surface area (TPSA) is 99.2 Å². The lowest BCUT2D eigenvalue weighted by Gasteiger charge is -2.39. The number of carbonyl (C=O) groups is 3. The van der Waals surface area contributed by atoms with E-state index in [1.165, 1.54) is 4.90 Å². The summed E-state index contributed by atoms with van der Waals surface area (Å²) >= 11 is 5.88. The van der Waals surface area contributed by atoms with E-state index in [-0.39, 0.29) is 19.6 Å². The molecular weight excluding hydrogens is 362 g/mol. The summed E-state index contributed by atoms with van der Waals surface area (Å²) in [6.07, 6.45) is -0.709. The number of ether oxygens (including phenoxy) is 1. The number of benzene rings is 1. The minimum absolute atomic E-state index is 0.0643. The number of carbonyl (C=O) groups excluding carboxylic acids is 2. The van der Waals surface area contributed by atoms with Crippen molar-refractivity contribution in [1.82, 2.24) is 9.80 Å². The van der Waals surface area contributed by atoms with Crippen molar-refractivity contribution in [2.24, 2.45) is 0 Å². The highest BCUT2D eigenvalue weighted by molar-refractivity contribution is 6.30. The molecule has 1 unspecified atom stereocenters. The Morgan fingerprint density at radius 3 is 2.54 bits per heavy atom. The molecule has 1 atom stereocenters. The highest BCUT2D eigenvalue weighted by atomic mass is 35.5. The lowest BCUT2D eigenvalue weighted by atomic mass is 10.1. The summed E-state index contributed by atoms with van der Waals surface area (Å²) in [6.45, 7) is 5.23. The molecule has 1 saturated heterocycles. The number of anilines is 1. The molecule has 1 aliphatic rings. The van der Waals surface area contributed by atoms with Crippen LogP contribution in [0.5, 0.6) is 0 Å². The van der Waals surface area contributed by atoms with Crippen molar-refractivity contribution < 1.29 is 24.2 Å². The van der Waals surface area contributed by atoms with Gasteiger partial charge in [0.1, 0.15) is 5.60 Å². The second-order valence-electron chi connectivity index (χ2n) is 6.91. The lowest BCUT2D eigenvalue weighted by Crippen LogP contribution is -2.60. The number of urea groups is 1. The van der Waals surface area contributed by atoms with E-state index in [1.54, 1.807) is 45.0 Å². The number of nitrogens with zero attached hydrogens (tertiary/aromatic N) is 2. The summed E-state index contributed by atoms with van der Waals surface area (Å²) < 4.78 is 5.25. The van der Waals surface area contributed by atoms with Gasteiger partial charge in [-0.25, -0.2) is 14.4 Å². The van der Waals surface area contributed by atoms with Crippen molar-refractivity contribution >= 4 is 35.4 Å². The summed E-state index contributed by atoms with van der Waals surface area (Å²) in [7, 11) is 0. The first-order valence-electron chi connectivity index (χ1n) is 8.11. The van der Waals surface area contributed by atoms with E-state index in [0.717, 1.165) is 4.90 Å². The SMILES string of the molecule is CC(C)(C)OC(=O)N1CCN(C(=O)Nc2cccc(Cl)c2)CC1C(=O)O. The van der Waals surface area contributed by atoms with Crippen LogP contribution in [0.4, 0.5) is 15.3 Å². The molecule has 0 radical (unpaired) electrons. The Morgan fingerprint density at radius 2 is 1.96 bits per heavy atom. The molecular formula is C17H22ClN3O5. The summed E-state index contributed by atoms with van der Waals surface area (Å²) in [4.78, 5) is 38.7. The second-order valence-corrected chi connectivity index (χ2v) is 7.35. The smallest absolute Gasteiger partial charge is 0.411 e. The maximum absolute atomic E-state index is 12.4. The molecule has 26 heavy (non-hydrogen) atoms. The van der Waals surface area contributed by atoms with Gasteiger partial charge in [0.05, 0.1) is 6.54 Å². The van der Waals surface area contributed by atoms with Crippen LogP contribution in [0, 0.1) is 0 Å². The molecule has 1 aromatic carbocycles. The van der Waals surface area contributed by atoms with Crippen LogP contribution in [-0.2, 0) is 9.53 Å². The van der Waals surface area contributed by atoms with Crippen LogP contribution in [0.2, 0.25) is 5.02 Å². The number of rotatable bonds is 2. The number of carboxylic acids is 1. The molecule has 0 saturated carbocycles. The minimum atomic E-state index is -1.20. The fourth-order valence-corrected chi connectivity index (χ4v) is 2.68. The number of hydrogen-bond donors (Lipinski definition) is 2. The first-order chi connectivity index (χ1) is 12.1. The zero-order valence-corrected chi connectivity index (χ0v) is 15.6. The van der Waals surface area contributed by atoms with Gasteiger partial charge in [-0.1, -0.05) is 17.7 Å². The molecule has 1 fully saturated rings. The Kier molecular flexibility index (Phi) is 5.97. The van der Waals surface area contributed by atoms with Crippen LogP contribution in [0.15, 0.2) is 24.3 Å². The summed E-state index contributed by atoms with van der Waals surface area (Å²) in [6, 6.07) is 5.00. The monoisotopic (exact) mass is 383 g/mol. The molecule has 3 amide bonds. The molecule has 2 N–H and O–H groups in total. The standard InChI is InChI=1S/C17H22ClN3O5/c1-17(2,3)26-16(25)21-8-7-20(10-13(21)14(22)23)15(24)19-12-6-4-5-11(18)9-12/h4-6,9,13H,7-8,10H2,1-3H3,(H,19,24)(H,22,23). The van der Waals surface area contributed by atoms with Crippen LogP contribution in [0.1, 0.15) is 20.8 Å². The Labute approximate surface area is 156 Å². The molecule has 2 rings (SSSR count). The average Bonchev–Trinajstić information content (AvgIpc) is 2.52. The predicted molar refractivity (Wildman–Crippen MR) is 96.4 cm³/mol. The maximum Gasteiger partial charge on any atom is 0.411 e. The highest BCUT2D eigenvalue weighted by Crippen LogP contribution is 2.19. The number of amides is 3.